The van der Waals surface area contributed by atoms with Crippen LogP contribution in [-0.2, 0) is 4.79 Å². The second-order valence-electron chi connectivity index (χ2n) is 6.90. The molecule has 0 radical (unpaired) electrons. The molecule has 0 spiro atoms. The minimum atomic E-state index is -0.763. The fraction of sp³-hybridized carbons (Fsp3) is 0.938. The van der Waals surface area contributed by atoms with Gasteiger partial charge in [0, 0.05) is 6.04 Å². The van der Waals surface area contributed by atoms with Crippen LogP contribution in [0.3, 0.4) is 0 Å². The maximum Gasteiger partial charge on any atom is 0.323 e. The normalized spacial score (nSPS) is 17.0. The number of hydrogen-bond donors (Lipinski definition) is 2. The van der Waals surface area contributed by atoms with Crippen LogP contribution in [0.2, 0.25) is 0 Å². The molecule has 0 amide bonds. The van der Waals surface area contributed by atoms with E-state index >= 15 is 0 Å². The first-order valence-electron chi connectivity index (χ1n) is 7.79. The summed E-state index contributed by atoms with van der Waals surface area (Å²) in [5, 5.41) is 12.6. The van der Waals surface area contributed by atoms with Crippen LogP contribution in [0.4, 0.5) is 0 Å². The van der Waals surface area contributed by atoms with Crippen molar-refractivity contribution in [2.45, 2.75) is 72.4 Å². The highest BCUT2D eigenvalue weighted by Crippen LogP contribution is 2.24. The van der Waals surface area contributed by atoms with Crippen molar-refractivity contribution in [3.8, 4) is 0 Å². The number of carboxylic acids is 1. The molecule has 2 unspecified atom stereocenters. The molecular weight excluding hydrogens is 252 g/mol. The Bertz CT molecular complexity index is 299. The van der Waals surface area contributed by atoms with E-state index in [1.807, 2.05) is 13.8 Å². The molecule has 2 atom stereocenters. The van der Waals surface area contributed by atoms with Crippen LogP contribution in [0.1, 0.15) is 60.8 Å². The van der Waals surface area contributed by atoms with Gasteiger partial charge in [-0.2, -0.15) is 0 Å². The summed E-state index contributed by atoms with van der Waals surface area (Å²) >= 11 is 0. The van der Waals surface area contributed by atoms with E-state index in [1.54, 1.807) is 0 Å². The van der Waals surface area contributed by atoms with Gasteiger partial charge in [-0.05, 0) is 51.7 Å². The molecule has 0 saturated heterocycles. The van der Waals surface area contributed by atoms with E-state index in [2.05, 4.69) is 45.0 Å². The first kappa shape index (κ1) is 19.4. The summed E-state index contributed by atoms with van der Waals surface area (Å²) in [5.41, 5.74) is -0.522. The monoisotopic (exact) mass is 286 g/mol. The van der Waals surface area contributed by atoms with Gasteiger partial charge in [0.05, 0.1) is 0 Å². The number of carboxylic acid groups (broad SMARTS) is 1. The van der Waals surface area contributed by atoms with Gasteiger partial charge in [-0.25, -0.2) is 0 Å². The Kier molecular flexibility index (Phi) is 7.74. The lowest BCUT2D eigenvalue weighted by Crippen LogP contribution is -2.52. The van der Waals surface area contributed by atoms with Gasteiger partial charge >= 0.3 is 5.97 Å². The molecule has 0 aliphatic rings. The number of rotatable bonds is 9. The van der Waals surface area contributed by atoms with Crippen LogP contribution in [-0.4, -0.2) is 47.7 Å². The summed E-state index contributed by atoms with van der Waals surface area (Å²) in [6.07, 6.45) is 2.19. The molecule has 4 heteroatoms. The molecule has 0 aliphatic heterocycles. The topological polar surface area (TPSA) is 52.6 Å². The van der Waals surface area contributed by atoms with Gasteiger partial charge in [-0.3, -0.25) is 4.79 Å². The predicted octanol–water partition coefficient (Wildman–Crippen LogP) is 2.98. The Labute approximate surface area is 124 Å². The molecule has 0 aromatic heterocycles. The molecule has 0 aromatic rings. The van der Waals surface area contributed by atoms with Crippen molar-refractivity contribution in [1.29, 1.82) is 0 Å². The van der Waals surface area contributed by atoms with Crippen molar-refractivity contribution in [3.05, 3.63) is 0 Å². The van der Waals surface area contributed by atoms with Gasteiger partial charge in [0.15, 0.2) is 0 Å². The van der Waals surface area contributed by atoms with Crippen molar-refractivity contribution in [3.63, 3.8) is 0 Å². The highest BCUT2D eigenvalue weighted by atomic mass is 16.4. The zero-order valence-corrected chi connectivity index (χ0v) is 14.4. The molecule has 20 heavy (non-hydrogen) atoms. The van der Waals surface area contributed by atoms with Crippen molar-refractivity contribution in [1.82, 2.24) is 10.2 Å². The quantitative estimate of drug-likeness (QED) is 0.684. The fourth-order valence-corrected chi connectivity index (χ4v) is 2.55. The lowest BCUT2D eigenvalue weighted by atomic mass is 9.86. The predicted molar refractivity (Wildman–Crippen MR) is 85.1 cm³/mol. The van der Waals surface area contributed by atoms with Crippen LogP contribution < -0.4 is 5.32 Å². The standard InChI is InChI=1S/C16H34N2O2/c1-8-16(14(19)20,17-9-2)11-10-12-18(7)13(3)15(4,5)6/h13,17H,8-12H2,1-7H3,(H,19,20). The van der Waals surface area contributed by atoms with E-state index < -0.39 is 11.5 Å². The van der Waals surface area contributed by atoms with Crippen molar-refractivity contribution >= 4 is 5.97 Å². The van der Waals surface area contributed by atoms with Gasteiger partial charge in [0.25, 0.3) is 0 Å². The molecule has 0 saturated carbocycles. The zero-order valence-electron chi connectivity index (χ0n) is 14.4. The number of carbonyl (C=O) groups is 1. The van der Waals surface area contributed by atoms with Crippen LogP contribution >= 0.6 is 0 Å². The number of nitrogens with zero attached hydrogens (tertiary/aromatic N) is 1. The minimum absolute atomic E-state index is 0.241. The first-order chi connectivity index (χ1) is 9.10. The fourth-order valence-electron chi connectivity index (χ4n) is 2.55. The maximum atomic E-state index is 11.5. The molecular formula is C16H34N2O2. The first-order valence-corrected chi connectivity index (χ1v) is 7.79. The lowest BCUT2D eigenvalue weighted by Gasteiger charge is -2.36. The highest BCUT2D eigenvalue weighted by molar-refractivity contribution is 5.78. The smallest absolute Gasteiger partial charge is 0.323 e. The second-order valence-corrected chi connectivity index (χ2v) is 6.90. The summed E-state index contributed by atoms with van der Waals surface area (Å²) in [5.74, 6) is -0.728. The van der Waals surface area contributed by atoms with Crippen LogP contribution in [0, 0.1) is 5.41 Å². The van der Waals surface area contributed by atoms with E-state index in [0.29, 0.717) is 25.4 Å². The van der Waals surface area contributed by atoms with E-state index in [0.717, 1.165) is 13.0 Å². The lowest BCUT2D eigenvalue weighted by molar-refractivity contribution is -0.145. The number of aliphatic carboxylic acids is 1. The third-order valence-electron chi connectivity index (χ3n) is 4.56. The van der Waals surface area contributed by atoms with Gasteiger partial charge in [0.2, 0.25) is 0 Å². The molecule has 0 fully saturated rings. The van der Waals surface area contributed by atoms with Gasteiger partial charge in [-0.1, -0.05) is 34.6 Å². The highest BCUT2D eigenvalue weighted by Gasteiger charge is 2.35. The zero-order chi connectivity index (χ0) is 16.0. The molecule has 120 valence electrons. The van der Waals surface area contributed by atoms with Crippen molar-refractivity contribution in [2.24, 2.45) is 5.41 Å². The molecule has 2 N–H and O–H groups in total. The van der Waals surface area contributed by atoms with Crippen molar-refractivity contribution < 1.29 is 9.90 Å². The van der Waals surface area contributed by atoms with E-state index in [4.69, 9.17) is 0 Å². The third kappa shape index (κ3) is 5.41. The average Bonchev–Trinajstić information content (AvgIpc) is 2.35. The number of likely N-dealkylation sites (N-methyl/N-ethyl adjacent to an activating group) is 1. The van der Waals surface area contributed by atoms with Gasteiger partial charge < -0.3 is 15.3 Å². The van der Waals surface area contributed by atoms with Crippen LogP contribution in [0.25, 0.3) is 0 Å². The Morgan fingerprint density at radius 1 is 1.30 bits per heavy atom. The Morgan fingerprint density at radius 3 is 2.20 bits per heavy atom. The largest absolute Gasteiger partial charge is 0.480 e. The van der Waals surface area contributed by atoms with Crippen LogP contribution in [0.15, 0.2) is 0 Å². The molecule has 0 rings (SSSR count). The SMILES string of the molecule is CCNC(CC)(CCCN(C)C(C)C(C)(C)C)C(=O)O. The Morgan fingerprint density at radius 2 is 1.85 bits per heavy atom. The number of hydrogen-bond acceptors (Lipinski definition) is 3. The third-order valence-corrected chi connectivity index (χ3v) is 4.56. The summed E-state index contributed by atoms with van der Waals surface area (Å²) < 4.78 is 0. The average molecular weight is 286 g/mol. The summed E-state index contributed by atoms with van der Waals surface area (Å²) in [7, 11) is 2.12. The maximum absolute atomic E-state index is 11.5. The summed E-state index contributed by atoms with van der Waals surface area (Å²) in [4.78, 5) is 13.9. The summed E-state index contributed by atoms with van der Waals surface area (Å²) in [6.45, 7) is 14.5. The molecule has 4 nitrogen and oxygen atoms in total. The molecule has 0 heterocycles. The molecule has 0 aromatic carbocycles. The minimum Gasteiger partial charge on any atom is -0.480 e. The van der Waals surface area contributed by atoms with Crippen molar-refractivity contribution in [2.75, 3.05) is 20.1 Å². The molecule has 0 aliphatic carbocycles. The van der Waals surface area contributed by atoms with Gasteiger partial charge in [-0.15, -0.1) is 0 Å². The summed E-state index contributed by atoms with van der Waals surface area (Å²) in [6, 6.07) is 0.475. The van der Waals surface area contributed by atoms with Crippen LogP contribution in [0.5, 0.6) is 0 Å². The van der Waals surface area contributed by atoms with E-state index in [1.165, 1.54) is 0 Å². The molecule has 0 bridgehead atoms. The number of nitrogens with one attached hydrogen (secondary N) is 1. The van der Waals surface area contributed by atoms with E-state index in [-0.39, 0.29) is 5.41 Å². The van der Waals surface area contributed by atoms with E-state index in [9.17, 15) is 9.90 Å². The Balaban J connectivity index is 4.49. The second kappa shape index (κ2) is 7.99. The van der Waals surface area contributed by atoms with Gasteiger partial charge in [0.1, 0.15) is 5.54 Å². The Hall–Kier alpha value is -0.610.